The zero-order valence-corrected chi connectivity index (χ0v) is 17.7. The van der Waals surface area contributed by atoms with Crippen LogP contribution in [0.5, 0.6) is 0 Å². The van der Waals surface area contributed by atoms with Gasteiger partial charge in [-0.15, -0.1) is 21.5 Å². The predicted molar refractivity (Wildman–Crippen MR) is 110 cm³/mol. The minimum atomic E-state index is -0.696. The molecule has 0 radical (unpaired) electrons. The van der Waals surface area contributed by atoms with Crippen molar-refractivity contribution < 1.29 is 4.79 Å². The van der Waals surface area contributed by atoms with E-state index in [1.165, 1.54) is 16.6 Å². The van der Waals surface area contributed by atoms with Gasteiger partial charge in [-0.25, -0.2) is 0 Å². The van der Waals surface area contributed by atoms with Gasteiger partial charge >= 0.3 is 0 Å². The van der Waals surface area contributed by atoms with Crippen LogP contribution in [-0.2, 0) is 11.2 Å². The highest BCUT2D eigenvalue weighted by Crippen LogP contribution is 2.40. The molecule has 1 atom stereocenters. The van der Waals surface area contributed by atoms with Crippen LogP contribution in [0.1, 0.15) is 68.6 Å². The summed E-state index contributed by atoms with van der Waals surface area (Å²) in [5.41, 5.74) is -0.696. The number of rotatable bonds is 7. The van der Waals surface area contributed by atoms with Crippen molar-refractivity contribution in [2.75, 3.05) is 0 Å². The van der Waals surface area contributed by atoms with Crippen LogP contribution in [0.15, 0.2) is 22.7 Å². The van der Waals surface area contributed by atoms with Crippen molar-refractivity contribution in [1.82, 2.24) is 20.1 Å². The van der Waals surface area contributed by atoms with Crippen LogP contribution in [0.25, 0.3) is 0 Å². The van der Waals surface area contributed by atoms with Gasteiger partial charge in [0.1, 0.15) is 11.4 Å². The molecule has 0 spiro atoms. The second-order valence-electron chi connectivity index (χ2n) is 7.76. The Balaban J connectivity index is 1.45. The van der Waals surface area contributed by atoms with E-state index in [-0.39, 0.29) is 11.2 Å². The van der Waals surface area contributed by atoms with Gasteiger partial charge in [0.05, 0.1) is 11.3 Å². The van der Waals surface area contributed by atoms with Crippen molar-refractivity contribution in [2.45, 2.75) is 80.3 Å². The quantitative estimate of drug-likeness (QED) is 0.689. The van der Waals surface area contributed by atoms with E-state index in [4.69, 9.17) is 0 Å². The highest BCUT2D eigenvalue weighted by atomic mass is 32.2. The van der Waals surface area contributed by atoms with E-state index in [0.717, 1.165) is 62.3 Å². The van der Waals surface area contributed by atoms with Crippen molar-refractivity contribution in [3.8, 4) is 6.07 Å². The summed E-state index contributed by atoms with van der Waals surface area (Å²) < 4.78 is 2.22. The number of carbonyl (C=O) groups is 1. The molecule has 0 unspecified atom stereocenters. The van der Waals surface area contributed by atoms with Gasteiger partial charge in [-0.2, -0.15) is 5.26 Å². The molecule has 2 aliphatic carbocycles. The number of amides is 1. The van der Waals surface area contributed by atoms with Crippen molar-refractivity contribution in [1.29, 1.82) is 5.26 Å². The Labute approximate surface area is 173 Å². The third-order valence-electron chi connectivity index (χ3n) is 5.49. The minimum Gasteiger partial charge on any atom is -0.337 e. The standard InChI is InChI=1S/C20H25N5OS2/c1-14(18(26)22-20(13-21)9-3-2-4-10-20)28-19-24-23-17(25(19)15-7-8-15)12-16-6-5-11-27-16/h5-6,11,14-15H,2-4,7-10,12H2,1H3,(H,22,26)/t14-/m0/s1. The molecule has 6 nitrogen and oxygen atoms in total. The van der Waals surface area contributed by atoms with Crippen molar-refractivity contribution in [3.63, 3.8) is 0 Å². The smallest absolute Gasteiger partial charge is 0.234 e. The summed E-state index contributed by atoms with van der Waals surface area (Å²) in [7, 11) is 0. The SMILES string of the molecule is C[C@H](Sc1nnc(Cc2cccs2)n1C1CC1)C(=O)NC1(C#N)CCCCC1. The molecule has 2 saturated carbocycles. The number of thioether (sulfide) groups is 1. The number of aromatic nitrogens is 3. The van der Waals surface area contributed by atoms with E-state index < -0.39 is 5.54 Å². The lowest BCUT2D eigenvalue weighted by Crippen LogP contribution is -2.51. The first-order valence-electron chi connectivity index (χ1n) is 9.96. The Bertz CT molecular complexity index is 860. The topological polar surface area (TPSA) is 83.6 Å². The predicted octanol–water partition coefficient (Wildman–Crippen LogP) is 4.09. The Morgan fingerprint density at radius 1 is 1.43 bits per heavy atom. The molecule has 2 aliphatic rings. The first-order chi connectivity index (χ1) is 13.6. The summed E-state index contributed by atoms with van der Waals surface area (Å²) >= 11 is 3.17. The van der Waals surface area contributed by atoms with Gasteiger partial charge in [-0.3, -0.25) is 4.79 Å². The maximum absolute atomic E-state index is 12.8. The summed E-state index contributed by atoms with van der Waals surface area (Å²) in [6.07, 6.45) is 7.68. The van der Waals surface area contributed by atoms with Gasteiger partial charge in [-0.1, -0.05) is 37.1 Å². The first kappa shape index (κ1) is 19.5. The third-order valence-corrected chi connectivity index (χ3v) is 7.43. The number of hydrogen-bond acceptors (Lipinski definition) is 6. The fourth-order valence-corrected chi connectivity index (χ4v) is 5.39. The van der Waals surface area contributed by atoms with E-state index in [2.05, 4.69) is 43.7 Å². The maximum atomic E-state index is 12.8. The van der Waals surface area contributed by atoms with Crippen LogP contribution in [0.2, 0.25) is 0 Å². The van der Waals surface area contributed by atoms with Crippen molar-refractivity contribution >= 4 is 29.0 Å². The molecule has 2 aromatic heterocycles. The molecule has 28 heavy (non-hydrogen) atoms. The molecule has 2 aromatic rings. The molecule has 0 bridgehead atoms. The van der Waals surface area contributed by atoms with Gasteiger partial charge < -0.3 is 9.88 Å². The van der Waals surface area contributed by atoms with Gasteiger partial charge in [0.25, 0.3) is 0 Å². The fraction of sp³-hybridized carbons (Fsp3) is 0.600. The fourth-order valence-electron chi connectivity index (χ4n) is 3.75. The lowest BCUT2D eigenvalue weighted by atomic mass is 9.83. The summed E-state index contributed by atoms with van der Waals surface area (Å²) in [6.45, 7) is 1.89. The average molecular weight is 416 g/mol. The van der Waals surface area contributed by atoms with E-state index in [1.54, 1.807) is 11.3 Å². The molecule has 4 rings (SSSR count). The molecular formula is C20H25N5OS2. The Morgan fingerprint density at radius 3 is 2.86 bits per heavy atom. The van der Waals surface area contributed by atoms with Gasteiger partial charge in [-0.05, 0) is 44.1 Å². The third kappa shape index (κ3) is 4.26. The molecule has 2 heterocycles. The van der Waals surface area contributed by atoms with Crippen molar-refractivity contribution in [2.24, 2.45) is 0 Å². The molecular weight excluding hydrogens is 390 g/mol. The summed E-state index contributed by atoms with van der Waals surface area (Å²) in [5.74, 6) is 0.888. The van der Waals surface area contributed by atoms with Crippen LogP contribution in [0, 0.1) is 11.3 Å². The van der Waals surface area contributed by atoms with E-state index in [0.29, 0.717) is 6.04 Å². The highest BCUT2D eigenvalue weighted by Gasteiger charge is 2.36. The van der Waals surface area contributed by atoms with Gasteiger partial charge in [0.2, 0.25) is 5.91 Å². The van der Waals surface area contributed by atoms with Crippen LogP contribution < -0.4 is 5.32 Å². The molecule has 148 valence electrons. The number of nitrogens with zero attached hydrogens (tertiary/aromatic N) is 4. The Kier molecular flexibility index (Phi) is 5.74. The number of nitriles is 1. The van der Waals surface area contributed by atoms with E-state index in [1.807, 2.05) is 6.92 Å². The second kappa shape index (κ2) is 8.26. The highest BCUT2D eigenvalue weighted by molar-refractivity contribution is 8.00. The zero-order chi connectivity index (χ0) is 19.6. The summed E-state index contributed by atoms with van der Waals surface area (Å²) in [5, 5.41) is 24.0. The Hall–Kier alpha value is -1.85. The van der Waals surface area contributed by atoms with Crippen molar-refractivity contribution in [3.05, 3.63) is 28.2 Å². The van der Waals surface area contributed by atoms with Crippen LogP contribution in [-0.4, -0.2) is 31.5 Å². The average Bonchev–Trinajstić information content (AvgIpc) is 3.26. The largest absolute Gasteiger partial charge is 0.337 e. The molecule has 0 aliphatic heterocycles. The summed E-state index contributed by atoms with van der Waals surface area (Å²) in [6, 6.07) is 6.98. The first-order valence-corrected chi connectivity index (χ1v) is 11.7. The number of thiophene rings is 1. The molecule has 1 N–H and O–H groups in total. The molecule has 0 aromatic carbocycles. The van der Waals surface area contributed by atoms with Crippen LogP contribution >= 0.6 is 23.1 Å². The normalized spacial score (nSPS) is 19.7. The molecule has 0 saturated heterocycles. The van der Waals surface area contributed by atoms with E-state index >= 15 is 0 Å². The maximum Gasteiger partial charge on any atom is 0.234 e. The molecule has 8 heteroatoms. The lowest BCUT2D eigenvalue weighted by molar-refractivity contribution is -0.121. The number of nitrogens with one attached hydrogen (secondary N) is 1. The van der Waals surface area contributed by atoms with Gasteiger partial charge in [0.15, 0.2) is 5.16 Å². The number of carbonyl (C=O) groups excluding carboxylic acids is 1. The van der Waals surface area contributed by atoms with Crippen LogP contribution in [0.3, 0.4) is 0 Å². The molecule has 2 fully saturated rings. The zero-order valence-electron chi connectivity index (χ0n) is 16.1. The second-order valence-corrected chi connectivity index (χ2v) is 10.1. The minimum absolute atomic E-state index is 0.0846. The van der Waals surface area contributed by atoms with Gasteiger partial charge in [0, 0.05) is 17.3 Å². The Morgan fingerprint density at radius 2 is 2.21 bits per heavy atom. The number of hydrogen-bond donors (Lipinski definition) is 1. The monoisotopic (exact) mass is 415 g/mol. The van der Waals surface area contributed by atoms with Crippen LogP contribution in [0.4, 0.5) is 0 Å². The molecule has 1 amide bonds. The van der Waals surface area contributed by atoms with E-state index in [9.17, 15) is 10.1 Å². The summed E-state index contributed by atoms with van der Waals surface area (Å²) in [4.78, 5) is 14.1. The lowest BCUT2D eigenvalue weighted by Gasteiger charge is -2.32.